The first kappa shape index (κ1) is 16.8. The SMILES string of the molecule is Cc1ccc(NC(=O)CNc2ccc(C)cc2[N+](=O)[O-])c(Cl)c1. The van der Waals surface area contributed by atoms with Crippen LogP contribution < -0.4 is 10.6 Å². The monoisotopic (exact) mass is 333 g/mol. The van der Waals surface area contributed by atoms with E-state index in [1.54, 1.807) is 31.2 Å². The molecule has 0 aliphatic carbocycles. The van der Waals surface area contributed by atoms with E-state index in [4.69, 9.17) is 11.6 Å². The van der Waals surface area contributed by atoms with E-state index in [2.05, 4.69) is 10.6 Å². The van der Waals surface area contributed by atoms with Crippen molar-refractivity contribution in [3.05, 3.63) is 62.7 Å². The summed E-state index contributed by atoms with van der Waals surface area (Å²) in [6.45, 7) is 3.56. The van der Waals surface area contributed by atoms with Gasteiger partial charge in [0.05, 0.1) is 22.2 Å². The highest BCUT2D eigenvalue weighted by atomic mass is 35.5. The molecule has 0 atom stereocenters. The summed E-state index contributed by atoms with van der Waals surface area (Å²) >= 11 is 6.05. The van der Waals surface area contributed by atoms with Crippen LogP contribution in [0.1, 0.15) is 11.1 Å². The van der Waals surface area contributed by atoms with Gasteiger partial charge in [0.2, 0.25) is 5.91 Å². The standard InChI is InChI=1S/C16H16ClN3O3/c1-10-3-5-13(12(17)7-10)19-16(21)9-18-14-6-4-11(2)8-15(14)20(22)23/h3-8,18H,9H2,1-2H3,(H,19,21). The van der Waals surface area contributed by atoms with E-state index < -0.39 is 4.92 Å². The van der Waals surface area contributed by atoms with Crippen molar-refractivity contribution in [2.75, 3.05) is 17.2 Å². The number of nitro benzene ring substituents is 1. The summed E-state index contributed by atoms with van der Waals surface area (Å²) in [4.78, 5) is 22.5. The highest BCUT2D eigenvalue weighted by Crippen LogP contribution is 2.25. The van der Waals surface area contributed by atoms with Crippen LogP contribution in [-0.4, -0.2) is 17.4 Å². The number of anilines is 2. The molecule has 0 spiro atoms. The zero-order valence-corrected chi connectivity index (χ0v) is 13.5. The molecule has 0 radical (unpaired) electrons. The Labute approximate surface area is 138 Å². The number of rotatable bonds is 5. The van der Waals surface area contributed by atoms with Gasteiger partial charge in [-0.25, -0.2) is 0 Å². The van der Waals surface area contributed by atoms with Gasteiger partial charge in [-0.1, -0.05) is 23.7 Å². The third-order valence-corrected chi connectivity index (χ3v) is 3.50. The van der Waals surface area contributed by atoms with Crippen molar-refractivity contribution in [1.82, 2.24) is 0 Å². The Balaban J connectivity index is 2.03. The number of nitro groups is 1. The average molecular weight is 334 g/mol. The zero-order chi connectivity index (χ0) is 17.0. The fraction of sp³-hybridized carbons (Fsp3) is 0.188. The Hall–Kier alpha value is -2.60. The molecule has 2 rings (SSSR count). The smallest absolute Gasteiger partial charge is 0.292 e. The van der Waals surface area contributed by atoms with Crippen molar-refractivity contribution in [3.63, 3.8) is 0 Å². The summed E-state index contributed by atoms with van der Waals surface area (Å²) < 4.78 is 0. The first-order valence-corrected chi connectivity index (χ1v) is 7.29. The number of carbonyl (C=O) groups excluding carboxylic acids is 1. The minimum absolute atomic E-state index is 0.0637. The van der Waals surface area contributed by atoms with Crippen LogP contribution in [0, 0.1) is 24.0 Å². The molecule has 7 heteroatoms. The number of nitrogens with one attached hydrogen (secondary N) is 2. The second-order valence-electron chi connectivity index (χ2n) is 5.16. The fourth-order valence-electron chi connectivity index (χ4n) is 2.03. The quantitative estimate of drug-likeness (QED) is 0.641. The first-order chi connectivity index (χ1) is 10.9. The molecule has 2 aromatic carbocycles. The van der Waals surface area contributed by atoms with Crippen LogP contribution in [0.2, 0.25) is 5.02 Å². The Morgan fingerprint density at radius 3 is 2.35 bits per heavy atom. The summed E-state index contributed by atoms with van der Waals surface area (Å²) in [5.74, 6) is -0.342. The van der Waals surface area contributed by atoms with Crippen molar-refractivity contribution in [2.24, 2.45) is 0 Å². The molecular weight excluding hydrogens is 318 g/mol. The number of hydrogen-bond donors (Lipinski definition) is 2. The van der Waals surface area contributed by atoms with Crippen molar-refractivity contribution >= 4 is 34.6 Å². The molecule has 0 aliphatic rings. The molecule has 0 fully saturated rings. The van der Waals surface area contributed by atoms with Crippen molar-refractivity contribution < 1.29 is 9.72 Å². The van der Waals surface area contributed by atoms with Gasteiger partial charge in [0.15, 0.2) is 0 Å². The molecule has 0 aromatic heterocycles. The third-order valence-electron chi connectivity index (χ3n) is 3.19. The number of nitrogens with zero attached hydrogens (tertiary/aromatic N) is 1. The second kappa shape index (κ2) is 7.11. The highest BCUT2D eigenvalue weighted by Gasteiger charge is 2.14. The maximum absolute atomic E-state index is 12.0. The summed E-state index contributed by atoms with van der Waals surface area (Å²) in [6.07, 6.45) is 0. The van der Waals surface area contributed by atoms with Crippen molar-refractivity contribution in [1.29, 1.82) is 0 Å². The largest absolute Gasteiger partial charge is 0.371 e. The number of carbonyl (C=O) groups is 1. The molecule has 2 aromatic rings. The Bertz CT molecular complexity index is 762. The maximum Gasteiger partial charge on any atom is 0.292 e. The second-order valence-corrected chi connectivity index (χ2v) is 5.57. The van der Waals surface area contributed by atoms with Crippen LogP contribution in [0.25, 0.3) is 0 Å². The summed E-state index contributed by atoms with van der Waals surface area (Å²) in [6, 6.07) is 10.1. The van der Waals surface area contributed by atoms with Gasteiger partial charge in [-0.2, -0.15) is 0 Å². The average Bonchev–Trinajstić information content (AvgIpc) is 2.48. The Morgan fingerprint density at radius 1 is 1.13 bits per heavy atom. The summed E-state index contributed by atoms with van der Waals surface area (Å²) in [5.41, 5.74) is 2.50. The minimum Gasteiger partial charge on any atom is -0.371 e. The number of aryl methyl sites for hydroxylation is 2. The lowest BCUT2D eigenvalue weighted by atomic mass is 10.2. The summed E-state index contributed by atoms with van der Waals surface area (Å²) in [5, 5.41) is 16.9. The molecule has 0 unspecified atom stereocenters. The van der Waals surface area contributed by atoms with Gasteiger partial charge in [-0.05, 0) is 43.2 Å². The Morgan fingerprint density at radius 2 is 1.74 bits per heavy atom. The molecule has 0 saturated heterocycles. The van der Waals surface area contributed by atoms with E-state index >= 15 is 0 Å². The first-order valence-electron chi connectivity index (χ1n) is 6.92. The number of halogens is 1. The van der Waals surface area contributed by atoms with Crippen LogP contribution in [0.3, 0.4) is 0 Å². The van der Waals surface area contributed by atoms with Gasteiger partial charge in [-0.3, -0.25) is 14.9 Å². The molecular formula is C16H16ClN3O3. The third kappa shape index (κ3) is 4.43. The van der Waals surface area contributed by atoms with Crippen LogP contribution in [0.4, 0.5) is 17.1 Å². The number of amides is 1. The minimum atomic E-state index is -0.482. The summed E-state index contributed by atoms with van der Waals surface area (Å²) in [7, 11) is 0. The predicted octanol–water partition coefficient (Wildman–Crippen LogP) is 3.92. The van der Waals surface area contributed by atoms with E-state index in [1.165, 1.54) is 6.07 Å². The maximum atomic E-state index is 12.0. The number of hydrogen-bond acceptors (Lipinski definition) is 4. The molecule has 2 N–H and O–H groups in total. The van der Waals surface area contributed by atoms with E-state index in [9.17, 15) is 14.9 Å². The van der Waals surface area contributed by atoms with Gasteiger partial charge >= 0.3 is 0 Å². The fourth-order valence-corrected chi connectivity index (χ4v) is 2.32. The van der Waals surface area contributed by atoms with Crippen LogP contribution in [0.15, 0.2) is 36.4 Å². The highest BCUT2D eigenvalue weighted by molar-refractivity contribution is 6.33. The van der Waals surface area contributed by atoms with Gasteiger partial charge in [-0.15, -0.1) is 0 Å². The van der Waals surface area contributed by atoms with Gasteiger partial charge < -0.3 is 10.6 Å². The van der Waals surface area contributed by atoms with Crippen LogP contribution in [0.5, 0.6) is 0 Å². The van der Waals surface area contributed by atoms with Crippen LogP contribution in [-0.2, 0) is 4.79 Å². The van der Waals surface area contributed by atoms with E-state index in [1.807, 2.05) is 13.0 Å². The topological polar surface area (TPSA) is 84.3 Å². The molecule has 1 amide bonds. The number of benzene rings is 2. The van der Waals surface area contributed by atoms with Crippen molar-refractivity contribution in [2.45, 2.75) is 13.8 Å². The van der Waals surface area contributed by atoms with E-state index in [-0.39, 0.29) is 18.1 Å². The molecule has 0 saturated carbocycles. The molecule has 0 heterocycles. The lowest BCUT2D eigenvalue weighted by Crippen LogP contribution is -2.22. The predicted molar refractivity (Wildman–Crippen MR) is 91.1 cm³/mol. The van der Waals surface area contributed by atoms with Gasteiger partial charge in [0.1, 0.15) is 5.69 Å². The normalized spacial score (nSPS) is 10.2. The molecule has 23 heavy (non-hydrogen) atoms. The van der Waals surface area contributed by atoms with Gasteiger partial charge in [0.25, 0.3) is 5.69 Å². The van der Waals surface area contributed by atoms with Crippen molar-refractivity contribution in [3.8, 4) is 0 Å². The van der Waals surface area contributed by atoms with Crippen LogP contribution >= 0.6 is 11.6 Å². The molecule has 0 aliphatic heterocycles. The lowest BCUT2D eigenvalue weighted by molar-refractivity contribution is -0.384. The molecule has 6 nitrogen and oxygen atoms in total. The van der Waals surface area contributed by atoms with E-state index in [0.29, 0.717) is 16.4 Å². The zero-order valence-electron chi connectivity index (χ0n) is 12.7. The molecule has 120 valence electrons. The molecule has 0 bridgehead atoms. The Kier molecular flexibility index (Phi) is 5.18. The van der Waals surface area contributed by atoms with E-state index in [0.717, 1.165) is 11.1 Å². The lowest BCUT2D eigenvalue weighted by Gasteiger charge is -2.10. The van der Waals surface area contributed by atoms with Gasteiger partial charge in [0, 0.05) is 6.07 Å².